The normalized spacial score (nSPS) is 10.4. The summed E-state index contributed by atoms with van der Waals surface area (Å²) in [6, 6.07) is 17.2. The number of benzene rings is 2. The van der Waals surface area contributed by atoms with Gasteiger partial charge in [0.25, 0.3) is 5.91 Å². The molecular formula is C17H12N2O3. The molecule has 22 heavy (non-hydrogen) atoms. The Kier molecular flexibility index (Phi) is 3.53. The first kappa shape index (κ1) is 13.8. The van der Waals surface area contributed by atoms with Gasteiger partial charge in [-0.25, -0.2) is 9.78 Å². The maximum atomic E-state index is 12.2. The third kappa shape index (κ3) is 2.64. The standard InChI is InChI=1S/C17H12N2O3/c20-16(11-6-2-1-3-7-11)19-15-13(17(21)22)10-12-8-4-5-9-14(12)18-15/h1-10H,(H,21,22)(H,18,19,20). The molecule has 0 aliphatic carbocycles. The van der Waals surface area contributed by atoms with Gasteiger partial charge in [-0.1, -0.05) is 36.4 Å². The molecule has 1 amide bonds. The lowest BCUT2D eigenvalue weighted by molar-refractivity contribution is 0.0698. The number of carboxylic acids is 1. The van der Waals surface area contributed by atoms with Crippen molar-refractivity contribution < 1.29 is 14.7 Å². The first-order valence-corrected chi connectivity index (χ1v) is 6.64. The van der Waals surface area contributed by atoms with Crippen LogP contribution in [0.25, 0.3) is 10.9 Å². The van der Waals surface area contributed by atoms with Crippen LogP contribution >= 0.6 is 0 Å². The van der Waals surface area contributed by atoms with E-state index >= 15 is 0 Å². The van der Waals surface area contributed by atoms with Crippen molar-refractivity contribution in [2.75, 3.05) is 5.32 Å². The highest BCUT2D eigenvalue weighted by atomic mass is 16.4. The molecule has 2 aromatic carbocycles. The summed E-state index contributed by atoms with van der Waals surface area (Å²) in [5.74, 6) is -1.49. The van der Waals surface area contributed by atoms with E-state index in [9.17, 15) is 14.7 Å². The number of amides is 1. The average Bonchev–Trinajstić information content (AvgIpc) is 2.54. The Morgan fingerprint density at radius 2 is 1.64 bits per heavy atom. The molecule has 1 aromatic heterocycles. The zero-order chi connectivity index (χ0) is 15.5. The van der Waals surface area contributed by atoms with Crippen molar-refractivity contribution in [2.24, 2.45) is 0 Å². The molecule has 0 bridgehead atoms. The van der Waals surface area contributed by atoms with Gasteiger partial charge < -0.3 is 10.4 Å². The lowest BCUT2D eigenvalue weighted by Crippen LogP contribution is -2.16. The molecule has 108 valence electrons. The quantitative estimate of drug-likeness (QED) is 0.777. The van der Waals surface area contributed by atoms with Crippen LogP contribution in [-0.2, 0) is 0 Å². The van der Waals surface area contributed by atoms with E-state index in [2.05, 4.69) is 10.3 Å². The lowest BCUT2D eigenvalue weighted by atomic mass is 10.1. The monoisotopic (exact) mass is 292 g/mol. The predicted octanol–water partition coefficient (Wildman–Crippen LogP) is 3.19. The van der Waals surface area contributed by atoms with E-state index in [1.54, 1.807) is 54.6 Å². The minimum absolute atomic E-state index is 0.0389. The van der Waals surface area contributed by atoms with Gasteiger partial charge in [0.1, 0.15) is 11.4 Å². The molecule has 0 saturated carbocycles. The van der Waals surface area contributed by atoms with Crippen LogP contribution in [0.3, 0.4) is 0 Å². The number of pyridine rings is 1. The van der Waals surface area contributed by atoms with Crippen molar-refractivity contribution in [1.82, 2.24) is 4.98 Å². The molecule has 3 aromatic rings. The molecule has 0 spiro atoms. The maximum Gasteiger partial charge on any atom is 0.339 e. The predicted molar refractivity (Wildman–Crippen MR) is 83.1 cm³/mol. The Hall–Kier alpha value is -3.21. The summed E-state index contributed by atoms with van der Waals surface area (Å²) in [6.07, 6.45) is 0. The molecule has 5 nitrogen and oxygen atoms in total. The number of nitrogens with one attached hydrogen (secondary N) is 1. The van der Waals surface area contributed by atoms with E-state index < -0.39 is 11.9 Å². The number of carbonyl (C=O) groups excluding carboxylic acids is 1. The van der Waals surface area contributed by atoms with Gasteiger partial charge in [0.2, 0.25) is 0 Å². The number of hydrogen-bond acceptors (Lipinski definition) is 3. The van der Waals surface area contributed by atoms with Gasteiger partial charge in [-0.05, 0) is 24.3 Å². The van der Waals surface area contributed by atoms with Crippen LogP contribution in [0.2, 0.25) is 0 Å². The zero-order valence-corrected chi connectivity index (χ0v) is 11.5. The largest absolute Gasteiger partial charge is 0.478 e. The summed E-state index contributed by atoms with van der Waals surface area (Å²) in [6.45, 7) is 0. The minimum atomic E-state index is -1.14. The van der Waals surface area contributed by atoms with Crippen molar-refractivity contribution >= 4 is 28.6 Å². The Labute approximate surface area is 126 Å². The third-order valence-corrected chi connectivity index (χ3v) is 3.22. The van der Waals surface area contributed by atoms with E-state index in [1.807, 2.05) is 0 Å². The molecule has 2 N–H and O–H groups in total. The lowest BCUT2D eigenvalue weighted by Gasteiger charge is -2.09. The van der Waals surface area contributed by atoms with Gasteiger partial charge in [0, 0.05) is 10.9 Å². The molecule has 0 aliphatic rings. The fourth-order valence-corrected chi connectivity index (χ4v) is 2.14. The summed E-state index contributed by atoms with van der Waals surface area (Å²) in [5.41, 5.74) is 1.02. The number of aromatic carboxylic acids is 1. The second-order valence-corrected chi connectivity index (χ2v) is 4.70. The smallest absolute Gasteiger partial charge is 0.339 e. The van der Waals surface area contributed by atoms with Crippen LogP contribution in [0.15, 0.2) is 60.7 Å². The molecule has 5 heteroatoms. The summed E-state index contributed by atoms with van der Waals surface area (Å²) >= 11 is 0. The van der Waals surface area contributed by atoms with Crippen LogP contribution in [0.5, 0.6) is 0 Å². The highest BCUT2D eigenvalue weighted by molar-refractivity contribution is 6.08. The first-order valence-electron chi connectivity index (χ1n) is 6.64. The maximum absolute atomic E-state index is 12.2. The van der Waals surface area contributed by atoms with Gasteiger partial charge >= 0.3 is 5.97 Å². The Balaban J connectivity index is 2.03. The highest BCUT2D eigenvalue weighted by Gasteiger charge is 2.16. The second-order valence-electron chi connectivity index (χ2n) is 4.70. The molecule has 0 aliphatic heterocycles. The van der Waals surface area contributed by atoms with Crippen molar-refractivity contribution in [3.05, 3.63) is 71.8 Å². The Morgan fingerprint density at radius 3 is 2.36 bits per heavy atom. The molecule has 0 saturated heterocycles. The fourth-order valence-electron chi connectivity index (χ4n) is 2.14. The van der Waals surface area contributed by atoms with Gasteiger partial charge in [-0.3, -0.25) is 4.79 Å². The molecular weight excluding hydrogens is 280 g/mol. The number of hydrogen-bond donors (Lipinski definition) is 2. The number of anilines is 1. The zero-order valence-electron chi connectivity index (χ0n) is 11.5. The molecule has 1 heterocycles. The van der Waals surface area contributed by atoms with Gasteiger partial charge in [0.05, 0.1) is 5.52 Å². The summed E-state index contributed by atoms with van der Waals surface area (Å²) in [5, 5.41) is 12.6. The number of carboxylic acid groups (broad SMARTS) is 1. The molecule has 0 unspecified atom stereocenters. The van der Waals surface area contributed by atoms with Crippen molar-refractivity contribution in [3.8, 4) is 0 Å². The van der Waals surface area contributed by atoms with E-state index in [-0.39, 0.29) is 11.4 Å². The van der Waals surface area contributed by atoms with Gasteiger partial charge in [0.15, 0.2) is 0 Å². The number of nitrogens with zero attached hydrogens (tertiary/aromatic N) is 1. The third-order valence-electron chi connectivity index (χ3n) is 3.22. The number of rotatable bonds is 3. The molecule has 0 atom stereocenters. The van der Waals surface area contributed by atoms with Crippen molar-refractivity contribution in [1.29, 1.82) is 0 Å². The number of carbonyl (C=O) groups is 2. The topological polar surface area (TPSA) is 79.3 Å². The average molecular weight is 292 g/mol. The van der Waals surface area contributed by atoms with E-state index in [0.29, 0.717) is 16.5 Å². The molecule has 0 fully saturated rings. The first-order chi connectivity index (χ1) is 10.6. The van der Waals surface area contributed by atoms with Crippen LogP contribution in [0.1, 0.15) is 20.7 Å². The molecule has 3 rings (SSSR count). The van der Waals surface area contributed by atoms with E-state index in [0.717, 1.165) is 0 Å². The van der Waals surface area contributed by atoms with Gasteiger partial charge in [-0.15, -0.1) is 0 Å². The van der Waals surface area contributed by atoms with Crippen LogP contribution in [-0.4, -0.2) is 22.0 Å². The van der Waals surface area contributed by atoms with Crippen LogP contribution in [0, 0.1) is 0 Å². The van der Waals surface area contributed by atoms with Crippen LogP contribution < -0.4 is 5.32 Å². The van der Waals surface area contributed by atoms with Crippen molar-refractivity contribution in [3.63, 3.8) is 0 Å². The second kappa shape index (κ2) is 5.65. The summed E-state index contributed by atoms with van der Waals surface area (Å²) in [4.78, 5) is 27.8. The van der Waals surface area contributed by atoms with Crippen LogP contribution in [0.4, 0.5) is 5.82 Å². The molecule has 0 radical (unpaired) electrons. The number of aromatic nitrogens is 1. The minimum Gasteiger partial charge on any atom is -0.478 e. The Bertz CT molecular complexity index is 860. The van der Waals surface area contributed by atoms with E-state index in [4.69, 9.17) is 0 Å². The SMILES string of the molecule is O=C(Nc1nc2ccccc2cc1C(=O)O)c1ccccc1. The summed E-state index contributed by atoms with van der Waals surface area (Å²) in [7, 11) is 0. The highest BCUT2D eigenvalue weighted by Crippen LogP contribution is 2.21. The van der Waals surface area contributed by atoms with Crippen molar-refractivity contribution in [2.45, 2.75) is 0 Å². The Morgan fingerprint density at radius 1 is 0.955 bits per heavy atom. The number of para-hydroxylation sites is 1. The summed E-state index contributed by atoms with van der Waals surface area (Å²) < 4.78 is 0. The number of fused-ring (bicyclic) bond motifs is 1. The fraction of sp³-hybridized carbons (Fsp3) is 0. The van der Waals surface area contributed by atoms with E-state index in [1.165, 1.54) is 6.07 Å². The van der Waals surface area contributed by atoms with Gasteiger partial charge in [-0.2, -0.15) is 0 Å².